The van der Waals surface area contributed by atoms with Crippen molar-refractivity contribution in [3.63, 3.8) is 0 Å². The zero-order valence-electron chi connectivity index (χ0n) is 25.3. The van der Waals surface area contributed by atoms with Crippen molar-refractivity contribution in [2.24, 2.45) is 11.8 Å². The number of benzene rings is 1. The van der Waals surface area contributed by atoms with Crippen molar-refractivity contribution in [1.29, 1.82) is 0 Å². The Bertz CT molecular complexity index is 1090. The van der Waals surface area contributed by atoms with Crippen LogP contribution in [0.15, 0.2) is 27.8 Å². The molecule has 0 radical (unpaired) electrons. The Labute approximate surface area is 234 Å². The Balaban J connectivity index is 1.98. The van der Waals surface area contributed by atoms with Crippen LogP contribution in [0.3, 0.4) is 0 Å². The highest BCUT2D eigenvalue weighted by Gasteiger charge is 2.32. The highest BCUT2D eigenvalue weighted by atomic mass is 16.5. The maximum absolute atomic E-state index is 12.4. The second-order valence-corrected chi connectivity index (χ2v) is 11.5. The molecule has 0 spiro atoms. The topological polar surface area (TPSA) is 97.3 Å². The first-order valence-corrected chi connectivity index (χ1v) is 14.2. The van der Waals surface area contributed by atoms with Crippen LogP contribution >= 0.6 is 0 Å². The van der Waals surface area contributed by atoms with Crippen molar-refractivity contribution < 1.29 is 19.3 Å². The fourth-order valence-corrected chi connectivity index (χ4v) is 4.99. The standard InChI is InChI=1S/C31H50N2O6/c1-9-15-31(4,5)33(6)28-27(29(35)30(28)36)32-20-24(34)13-12-23(21(2)3)18-22-11-14-25(38-8)26(19-22)39-17-10-16-37-7/h11,14,19,21,23-24,32,34H,9-10,12-13,15-18,20H2,1-8H3. The molecule has 220 valence electrons. The molecule has 0 aromatic heterocycles. The third-order valence-electron chi connectivity index (χ3n) is 7.79. The van der Waals surface area contributed by atoms with E-state index in [1.54, 1.807) is 14.2 Å². The molecule has 0 aliphatic heterocycles. The van der Waals surface area contributed by atoms with Gasteiger partial charge >= 0.3 is 0 Å². The molecular weight excluding hydrogens is 496 g/mol. The molecule has 0 saturated heterocycles. The molecule has 0 saturated carbocycles. The fraction of sp³-hybridized carbons (Fsp3) is 0.677. The normalized spacial score (nSPS) is 13.5. The molecule has 2 unspecified atom stereocenters. The number of methoxy groups -OCH3 is 2. The van der Waals surface area contributed by atoms with E-state index in [1.165, 1.54) is 0 Å². The van der Waals surface area contributed by atoms with Gasteiger partial charge < -0.3 is 29.5 Å². The van der Waals surface area contributed by atoms with E-state index in [0.29, 0.717) is 48.6 Å². The van der Waals surface area contributed by atoms with Crippen molar-refractivity contribution >= 4 is 11.4 Å². The lowest BCUT2D eigenvalue weighted by molar-refractivity contribution is 0.160. The van der Waals surface area contributed by atoms with Crippen LogP contribution in [0.2, 0.25) is 0 Å². The monoisotopic (exact) mass is 546 g/mol. The first kappa shape index (κ1) is 32.6. The number of aliphatic hydroxyl groups is 1. The van der Waals surface area contributed by atoms with Crippen LogP contribution in [0.5, 0.6) is 11.5 Å². The molecule has 8 heteroatoms. The molecule has 2 aromatic carbocycles. The lowest BCUT2D eigenvalue weighted by Crippen LogP contribution is -2.49. The van der Waals surface area contributed by atoms with Crippen molar-refractivity contribution in [1.82, 2.24) is 0 Å². The van der Waals surface area contributed by atoms with Crippen molar-refractivity contribution in [3.05, 3.63) is 44.2 Å². The molecule has 0 fully saturated rings. The quantitative estimate of drug-likeness (QED) is 0.192. The number of hydrogen-bond acceptors (Lipinski definition) is 8. The summed E-state index contributed by atoms with van der Waals surface area (Å²) in [5, 5.41) is 13.8. The lowest BCUT2D eigenvalue weighted by Gasteiger charge is -2.38. The molecule has 0 heterocycles. The largest absolute Gasteiger partial charge is 0.493 e. The predicted molar refractivity (Wildman–Crippen MR) is 159 cm³/mol. The lowest BCUT2D eigenvalue weighted by atomic mass is 9.85. The number of anilines is 2. The third kappa shape index (κ3) is 8.97. The zero-order valence-corrected chi connectivity index (χ0v) is 25.3. The Hall–Kier alpha value is -2.58. The van der Waals surface area contributed by atoms with Gasteiger partial charge in [-0.15, -0.1) is 0 Å². The Morgan fingerprint density at radius 1 is 1.05 bits per heavy atom. The summed E-state index contributed by atoms with van der Waals surface area (Å²) < 4.78 is 16.5. The van der Waals surface area contributed by atoms with Gasteiger partial charge in [0, 0.05) is 39.3 Å². The summed E-state index contributed by atoms with van der Waals surface area (Å²) in [6.07, 6.45) is 4.33. The van der Waals surface area contributed by atoms with Gasteiger partial charge in [-0.05, 0) is 69.1 Å². The first-order chi connectivity index (χ1) is 18.5. The number of hydrogen-bond donors (Lipinski definition) is 2. The van der Waals surface area contributed by atoms with Gasteiger partial charge in [0.1, 0.15) is 11.4 Å². The summed E-state index contributed by atoms with van der Waals surface area (Å²) in [6, 6.07) is 6.05. The molecule has 2 atom stereocenters. The molecule has 2 aromatic rings. The van der Waals surface area contributed by atoms with Crippen LogP contribution in [0, 0.1) is 11.8 Å². The highest BCUT2D eigenvalue weighted by Crippen LogP contribution is 2.32. The van der Waals surface area contributed by atoms with E-state index in [2.05, 4.69) is 46.0 Å². The van der Waals surface area contributed by atoms with E-state index < -0.39 is 17.0 Å². The van der Waals surface area contributed by atoms with Gasteiger partial charge in [-0.2, -0.15) is 0 Å². The minimum atomic E-state index is -0.631. The molecule has 0 bridgehead atoms. The van der Waals surface area contributed by atoms with Crippen molar-refractivity contribution in [2.75, 3.05) is 51.2 Å². The van der Waals surface area contributed by atoms with Gasteiger partial charge in [-0.1, -0.05) is 33.3 Å². The van der Waals surface area contributed by atoms with Crippen LogP contribution in [-0.4, -0.2) is 57.8 Å². The highest BCUT2D eigenvalue weighted by molar-refractivity contribution is 5.75. The number of aliphatic hydroxyl groups excluding tert-OH is 1. The summed E-state index contributed by atoms with van der Waals surface area (Å²) in [5.74, 6) is 2.22. The van der Waals surface area contributed by atoms with Crippen LogP contribution in [0.1, 0.15) is 72.3 Å². The molecule has 0 aliphatic carbocycles. The second-order valence-electron chi connectivity index (χ2n) is 11.5. The smallest absolute Gasteiger partial charge is 0.253 e. The van der Waals surface area contributed by atoms with Gasteiger partial charge in [0.2, 0.25) is 0 Å². The molecule has 8 nitrogen and oxygen atoms in total. The molecule has 39 heavy (non-hydrogen) atoms. The first-order valence-electron chi connectivity index (χ1n) is 14.2. The molecular formula is C31H50N2O6. The van der Waals surface area contributed by atoms with E-state index >= 15 is 0 Å². The second kappa shape index (κ2) is 15.3. The summed E-state index contributed by atoms with van der Waals surface area (Å²) in [7, 11) is 5.17. The number of rotatable bonds is 19. The van der Waals surface area contributed by atoms with Crippen molar-refractivity contribution in [3.8, 4) is 11.5 Å². The third-order valence-corrected chi connectivity index (χ3v) is 7.79. The van der Waals surface area contributed by atoms with Gasteiger partial charge in [0.25, 0.3) is 10.9 Å². The van der Waals surface area contributed by atoms with Crippen molar-refractivity contribution in [2.45, 2.75) is 84.8 Å². The minimum absolute atomic E-state index is 0.229. The van der Waals surface area contributed by atoms with Gasteiger partial charge in [-0.25, -0.2) is 0 Å². The zero-order chi connectivity index (χ0) is 29.2. The molecule has 0 amide bonds. The van der Waals surface area contributed by atoms with E-state index in [0.717, 1.165) is 43.4 Å². The molecule has 2 N–H and O–H groups in total. The Morgan fingerprint density at radius 3 is 2.38 bits per heavy atom. The number of nitrogens with one attached hydrogen (secondary N) is 1. The number of ether oxygens (including phenoxy) is 3. The predicted octanol–water partition coefficient (Wildman–Crippen LogP) is 4.79. The summed E-state index contributed by atoms with van der Waals surface area (Å²) in [5.41, 5.74) is 0.700. The molecule has 2 rings (SSSR count). The number of nitrogens with zero attached hydrogens (tertiary/aromatic N) is 1. The van der Waals surface area contributed by atoms with Gasteiger partial charge in [0.15, 0.2) is 11.5 Å². The Kier molecular flexibility index (Phi) is 12.8. The van der Waals surface area contributed by atoms with Crippen LogP contribution in [-0.2, 0) is 11.2 Å². The summed E-state index contributed by atoms with van der Waals surface area (Å²) in [6.45, 7) is 12.1. The SMILES string of the molecule is CCCC(C)(C)N(C)c1c(NCC(O)CCC(Cc2ccc(OC)c(OCCCOC)c2)C(C)C)c(=O)c1=O. The van der Waals surface area contributed by atoms with E-state index in [9.17, 15) is 14.7 Å². The maximum Gasteiger partial charge on any atom is 0.253 e. The van der Waals surface area contributed by atoms with Crippen LogP contribution < -0.4 is 30.5 Å². The summed E-state index contributed by atoms with van der Waals surface area (Å²) >= 11 is 0. The van der Waals surface area contributed by atoms with E-state index in [1.807, 2.05) is 24.1 Å². The fourth-order valence-electron chi connectivity index (χ4n) is 4.99. The van der Waals surface area contributed by atoms with Gasteiger partial charge in [0.05, 0.1) is 19.8 Å². The summed E-state index contributed by atoms with van der Waals surface area (Å²) in [4.78, 5) is 26.5. The van der Waals surface area contributed by atoms with E-state index in [-0.39, 0.29) is 12.1 Å². The van der Waals surface area contributed by atoms with Crippen LogP contribution in [0.25, 0.3) is 0 Å². The Morgan fingerprint density at radius 2 is 1.77 bits per heavy atom. The minimum Gasteiger partial charge on any atom is -0.493 e. The molecule has 0 aliphatic rings. The van der Waals surface area contributed by atoms with E-state index in [4.69, 9.17) is 14.2 Å². The average Bonchev–Trinajstić information content (AvgIpc) is 2.90. The van der Waals surface area contributed by atoms with Crippen LogP contribution in [0.4, 0.5) is 11.4 Å². The maximum atomic E-state index is 12.4. The average molecular weight is 547 g/mol. The van der Waals surface area contributed by atoms with Gasteiger partial charge in [-0.3, -0.25) is 9.59 Å².